The van der Waals surface area contributed by atoms with E-state index in [1.807, 2.05) is 18.2 Å². The van der Waals surface area contributed by atoms with E-state index in [0.717, 1.165) is 35.1 Å². The second-order valence-corrected chi connectivity index (χ2v) is 9.24. The summed E-state index contributed by atoms with van der Waals surface area (Å²) in [4.78, 5) is 52.0. The third-order valence-corrected chi connectivity index (χ3v) is 6.70. The molecule has 3 N–H and O–H groups in total. The predicted octanol–water partition coefficient (Wildman–Crippen LogP) is 2.47. The van der Waals surface area contributed by atoms with Gasteiger partial charge in [0.15, 0.2) is 17.3 Å². The van der Waals surface area contributed by atoms with Crippen molar-refractivity contribution < 1.29 is 18.5 Å². The molecule has 2 amide bonds. The molecule has 0 bridgehead atoms. The van der Waals surface area contributed by atoms with Crippen LogP contribution in [0.4, 0.5) is 0 Å². The lowest BCUT2D eigenvalue weighted by Crippen LogP contribution is -2.35. The van der Waals surface area contributed by atoms with E-state index in [0.29, 0.717) is 23.7 Å². The number of amides is 2. The molecule has 3 aromatic heterocycles. The molecule has 6 rings (SSSR count). The van der Waals surface area contributed by atoms with E-state index >= 15 is 0 Å². The van der Waals surface area contributed by atoms with Crippen molar-refractivity contribution >= 4 is 22.9 Å². The number of rotatable bonds is 6. The van der Waals surface area contributed by atoms with E-state index in [2.05, 4.69) is 52.4 Å². The van der Waals surface area contributed by atoms with Crippen LogP contribution < -0.4 is 16.4 Å². The molecule has 1 fully saturated rings. The fourth-order valence-corrected chi connectivity index (χ4v) is 4.89. The standard InChI is InChI=1S/C26H23N7O5/c1-13-30-19-8-14(2-7-22(19)37-13)11-27-24(34)20-10-21(29-12-28-20)25(35)31-18-6-4-15-9-16(3-5-17(15)18)23-32-26(36)38-33-23/h2,5,7-10,12,16,18H,3-4,6,11H2,1H3,(H,27,34)(H,31,35)(H,32,33,36)/t16?,18-/m0/s1. The van der Waals surface area contributed by atoms with Crippen LogP contribution in [-0.2, 0) is 6.54 Å². The lowest BCUT2D eigenvalue weighted by molar-refractivity contribution is 0.0938. The number of nitrogens with one attached hydrogen (secondary N) is 3. The zero-order valence-electron chi connectivity index (χ0n) is 20.4. The Kier molecular flexibility index (Phi) is 5.91. The average Bonchev–Trinajstić information content (AvgIpc) is 3.64. The Bertz CT molecular complexity index is 1680. The van der Waals surface area contributed by atoms with E-state index in [9.17, 15) is 14.4 Å². The monoisotopic (exact) mass is 513 g/mol. The summed E-state index contributed by atoms with van der Waals surface area (Å²) in [5.41, 5.74) is 4.62. The van der Waals surface area contributed by atoms with Gasteiger partial charge in [0.25, 0.3) is 11.8 Å². The number of allylic oxidation sites excluding steroid dienone is 2. The molecule has 2 aliphatic rings. The molecular formula is C26H23N7O5. The van der Waals surface area contributed by atoms with Crippen molar-refractivity contribution in [3.63, 3.8) is 0 Å². The summed E-state index contributed by atoms with van der Waals surface area (Å²) in [7, 11) is 0. The molecule has 0 radical (unpaired) electrons. The summed E-state index contributed by atoms with van der Waals surface area (Å²) in [6.45, 7) is 2.04. The highest BCUT2D eigenvalue weighted by molar-refractivity contribution is 5.97. The molecule has 2 aliphatic carbocycles. The van der Waals surface area contributed by atoms with Crippen molar-refractivity contribution in [1.82, 2.24) is 35.7 Å². The topological polar surface area (TPSA) is 169 Å². The Morgan fingerprint density at radius 2 is 2.00 bits per heavy atom. The highest BCUT2D eigenvalue weighted by atomic mass is 16.5. The van der Waals surface area contributed by atoms with Gasteiger partial charge in [-0.25, -0.2) is 19.7 Å². The molecule has 0 spiro atoms. The summed E-state index contributed by atoms with van der Waals surface area (Å²) in [6.07, 6.45) is 7.48. The number of hydrogen-bond acceptors (Lipinski definition) is 9. The molecule has 1 unspecified atom stereocenters. The van der Waals surface area contributed by atoms with Crippen LogP contribution in [0, 0.1) is 6.92 Å². The van der Waals surface area contributed by atoms with Crippen molar-refractivity contribution in [2.75, 3.05) is 0 Å². The van der Waals surface area contributed by atoms with Gasteiger partial charge >= 0.3 is 5.76 Å². The molecule has 0 saturated heterocycles. The maximum Gasteiger partial charge on any atom is 0.438 e. The number of aromatic nitrogens is 5. The molecule has 4 aromatic rings. The van der Waals surface area contributed by atoms with Crippen LogP contribution in [0.3, 0.4) is 0 Å². The first-order valence-corrected chi connectivity index (χ1v) is 12.2. The second-order valence-electron chi connectivity index (χ2n) is 9.24. The summed E-state index contributed by atoms with van der Waals surface area (Å²) < 4.78 is 10.1. The number of aryl methyl sites for hydroxylation is 1. The van der Waals surface area contributed by atoms with E-state index < -0.39 is 11.7 Å². The minimum absolute atomic E-state index is 0.0698. The van der Waals surface area contributed by atoms with E-state index in [1.54, 1.807) is 6.92 Å². The molecule has 38 heavy (non-hydrogen) atoms. The van der Waals surface area contributed by atoms with Gasteiger partial charge in [0.1, 0.15) is 23.2 Å². The minimum atomic E-state index is -0.578. The van der Waals surface area contributed by atoms with E-state index in [-0.39, 0.29) is 35.8 Å². The highest BCUT2D eigenvalue weighted by Gasteiger charge is 2.31. The van der Waals surface area contributed by atoms with Crippen LogP contribution >= 0.6 is 0 Å². The van der Waals surface area contributed by atoms with Gasteiger partial charge in [-0.15, -0.1) is 0 Å². The summed E-state index contributed by atoms with van der Waals surface area (Å²) in [5, 5.41) is 9.62. The number of fused-ring (bicyclic) bond motifs is 2. The fourth-order valence-electron chi connectivity index (χ4n) is 4.89. The second kappa shape index (κ2) is 9.54. The summed E-state index contributed by atoms with van der Waals surface area (Å²) in [5.74, 6) is -0.388. The third kappa shape index (κ3) is 4.63. The van der Waals surface area contributed by atoms with Crippen LogP contribution in [0.15, 0.2) is 67.6 Å². The van der Waals surface area contributed by atoms with Gasteiger partial charge in [-0.05, 0) is 48.1 Å². The zero-order valence-corrected chi connectivity index (χ0v) is 20.4. The van der Waals surface area contributed by atoms with Crippen LogP contribution in [0.2, 0.25) is 0 Å². The predicted molar refractivity (Wildman–Crippen MR) is 133 cm³/mol. The van der Waals surface area contributed by atoms with Gasteiger partial charge in [-0.2, -0.15) is 0 Å². The molecule has 12 nitrogen and oxygen atoms in total. The van der Waals surface area contributed by atoms with Crippen LogP contribution in [0.5, 0.6) is 0 Å². The highest BCUT2D eigenvalue weighted by Crippen LogP contribution is 2.38. The van der Waals surface area contributed by atoms with Crippen molar-refractivity contribution in [3.8, 4) is 0 Å². The number of H-pyrrole nitrogens is 1. The van der Waals surface area contributed by atoms with Crippen molar-refractivity contribution in [1.29, 1.82) is 0 Å². The third-order valence-electron chi connectivity index (χ3n) is 6.70. The number of carbonyl (C=O) groups is 2. The maximum atomic E-state index is 13.0. The molecule has 1 saturated carbocycles. The fraction of sp³-hybridized carbons (Fsp3) is 0.269. The Labute approximate surface area is 215 Å². The van der Waals surface area contributed by atoms with Crippen LogP contribution in [-0.4, -0.2) is 42.9 Å². The number of nitrogens with zero attached hydrogens (tertiary/aromatic N) is 4. The number of hydrogen-bond donors (Lipinski definition) is 3. The Hall–Kier alpha value is -4.87. The normalized spacial score (nSPS) is 18.6. The molecule has 3 heterocycles. The first kappa shape index (κ1) is 23.5. The Morgan fingerprint density at radius 3 is 2.82 bits per heavy atom. The molecule has 1 aromatic carbocycles. The Morgan fingerprint density at radius 1 is 1.16 bits per heavy atom. The molecule has 12 heteroatoms. The smallest absolute Gasteiger partial charge is 0.438 e. The molecule has 0 aliphatic heterocycles. The Balaban J connectivity index is 1.09. The number of aromatic amines is 1. The number of carbonyl (C=O) groups excluding carboxylic acids is 2. The SMILES string of the molecule is Cc1nc2cc(CNC(=O)c3cc(C(=O)N[C@H]4CCC5=CC(c6noc(=O)[nH]6)CC=C54)ncn3)ccc2o1. The lowest BCUT2D eigenvalue weighted by Gasteiger charge is -2.20. The van der Waals surface area contributed by atoms with Gasteiger partial charge in [0.05, 0.1) is 6.04 Å². The minimum Gasteiger partial charge on any atom is -0.441 e. The summed E-state index contributed by atoms with van der Waals surface area (Å²) in [6, 6.07) is 6.72. The quantitative estimate of drug-likeness (QED) is 0.350. The van der Waals surface area contributed by atoms with Crippen LogP contribution in [0.25, 0.3) is 11.1 Å². The molecule has 2 atom stereocenters. The average molecular weight is 514 g/mol. The van der Waals surface area contributed by atoms with Crippen LogP contribution in [0.1, 0.15) is 63.4 Å². The van der Waals surface area contributed by atoms with Crippen molar-refractivity contribution in [2.24, 2.45) is 0 Å². The maximum absolute atomic E-state index is 13.0. The first-order valence-electron chi connectivity index (χ1n) is 12.2. The van der Waals surface area contributed by atoms with Crippen molar-refractivity contribution in [2.45, 2.75) is 44.7 Å². The summed E-state index contributed by atoms with van der Waals surface area (Å²) >= 11 is 0. The molecule has 192 valence electrons. The number of oxazole rings is 1. The first-order chi connectivity index (χ1) is 18.4. The van der Waals surface area contributed by atoms with Gasteiger partial charge < -0.3 is 15.1 Å². The van der Waals surface area contributed by atoms with Gasteiger partial charge in [0.2, 0.25) is 0 Å². The largest absolute Gasteiger partial charge is 0.441 e. The molecular weight excluding hydrogens is 490 g/mol. The lowest BCUT2D eigenvalue weighted by atomic mass is 9.90. The van der Waals surface area contributed by atoms with Gasteiger partial charge in [-0.1, -0.05) is 23.4 Å². The zero-order chi connectivity index (χ0) is 26.2. The number of benzene rings is 1. The van der Waals surface area contributed by atoms with Gasteiger partial charge in [0, 0.05) is 25.5 Å². The van der Waals surface area contributed by atoms with E-state index in [1.165, 1.54) is 12.4 Å². The van der Waals surface area contributed by atoms with Gasteiger partial charge in [-0.3, -0.25) is 19.1 Å². The van der Waals surface area contributed by atoms with Crippen molar-refractivity contribution in [3.05, 3.63) is 93.1 Å². The van der Waals surface area contributed by atoms with E-state index in [4.69, 9.17) is 4.42 Å².